The second kappa shape index (κ2) is 11.3. The van der Waals surface area contributed by atoms with Gasteiger partial charge in [-0.05, 0) is 14.0 Å². The lowest BCUT2D eigenvalue weighted by Gasteiger charge is -2.36. The Morgan fingerprint density at radius 2 is 2.04 bits per heavy atom. The highest BCUT2D eigenvalue weighted by Crippen LogP contribution is 2.19. The Hall–Kier alpha value is -1.45. The van der Waals surface area contributed by atoms with Crippen LogP contribution in [0, 0.1) is 0 Å². The minimum Gasteiger partial charge on any atom is -0.383 e. The number of hydrogen-bond donors (Lipinski definition) is 1. The van der Waals surface area contributed by atoms with Crippen LogP contribution in [0.15, 0.2) is 4.99 Å². The van der Waals surface area contributed by atoms with Crippen molar-refractivity contribution in [3.63, 3.8) is 0 Å². The highest BCUT2D eigenvalue weighted by atomic mass is 32.1. The summed E-state index contributed by atoms with van der Waals surface area (Å²) in [6.07, 6.45) is 0.895. The van der Waals surface area contributed by atoms with Gasteiger partial charge < -0.3 is 24.8 Å². The summed E-state index contributed by atoms with van der Waals surface area (Å²) in [5.74, 6) is 1.96. The number of ether oxygens (including phenoxy) is 1. The van der Waals surface area contributed by atoms with Crippen molar-refractivity contribution >= 4 is 22.6 Å². The molecule has 1 aromatic heterocycles. The zero-order valence-electron chi connectivity index (χ0n) is 16.6. The molecule has 0 aromatic carbocycles. The molecule has 1 aliphatic rings. The highest BCUT2D eigenvalue weighted by Gasteiger charge is 2.21. The molecule has 1 aromatic rings. The molecular weight excluding hydrogens is 350 g/mol. The van der Waals surface area contributed by atoms with Crippen LogP contribution in [0.2, 0.25) is 0 Å². The molecule has 148 valence electrons. The molecule has 1 aliphatic heterocycles. The van der Waals surface area contributed by atoms with E-state index in [0.29, 0.717) is 0 Å². The van der Waals surface area contributed by atoms with Crippen LogP contribution < -0.4 is 10.2 Å². The van der Waals surface area contributed by atoms with Crippen LogP contribution >= 0.6 is 11.5 Å². The molecule has 0 atom stereocenters. The zero-order chi connectivity index (χ0) is 18.8. The summed E-state index contributed by atoms with van der Waals surface area (Å²) in [6, 6.07) is 0. The van der Waals surface area contributed by atoms with Gasteiger partial charge in [0.25, 0.3) is 0 Å². The van der Waals surface area contributed by atoms with Gasteiger partial charge in [-0.1, -0.05) is 6.92 Å². The van der Waals surface area contributed by atoms with Crippen molar-refractivity contribution < 1.29 is 4.74 Å². The number of guanidine groups is 1. The van der Waals surface area contributed by atoms with Gasteiger partial charge in [-0.25, -0.2) is 4.98 Å². The van der Waals surface area contributed by atoms with Gasteiger partial charge in [0.05, 0.1) is 13.2 Å². The quantitative estimate of drug-likeness (QED) is 0.499. The normalized spacial score (nSPS) is 15.8. The number of anilines is 1. The Bertz CT molecular complexity index is 543. The zero-order valence-corrected chi connectivity index (χ0v) is 17.4. The summed E-state index contributed by atoms with van der Waals surface area (Å²) in [5.41, 5.74) is 0. The lowest BCUT2D eigenvalue weighted by Crippen LogP contribution is -2.52. The molecule has 0 aliphatic carbocycles. The van der Waals surface area contributed by atoms with Crippen LogP contribution in [0.5, 0.6) is 0 Å². The molecule has 26 heavy (non-hydrogen) atoms. The van der Waals surface area contributed by atoms with Gasteiger partial charge in [-0.2, -0.15) is 4.37 Å². The number of methoxy groups -OCH3 is 1. The Balaban J connectivity index is 1.83. The molecule has 0 unspecified atom stereocenters. The van der Waals surface area contributed by atoms with Crippen molar-refractivity contribution in [2.24, 2.45) is 4.99 Å². The molecule has 0 bridgehead atoms. The van der Waals surface area contributed by atoms with Crippen molar-refractivity contribution in [1.82, 2.24) is 24.5 Å². The van der Waals surface area contributed by atoms with E-state index in [1.807, 2.05) is 0 Å². The van der Waals surface area contributed by atoms with E-state index in [-0.39, 0.29) is 0 Å². The second-order valence-electron chi connectivity index (χ2n) is 6.35. The average molecular weight is 384 g/mol. The summed E-state index contributed by atoms with van der Waals surface area (Å²) in [7, 11) is 3.84. The highest BCUT2D eigenvalue weighted by molar-refractivity contribution is 7.09. The van der Waals surface area contributed by atoms with Gasteiger partial charge in [0.1, 0.15) is 5.82 Å². The predicted molar refractivity (Wildman–Crippen MR) is 108 cm³/mol. The number of hydrogen-bond acceptors (Lipinski definition) is 7. The van der Waals surface area contributed by atoms with Gasteiger partial charge in [0, 0.05) is 70.9 Å². The fraction of sp³-hybridized carbons (Fsp3) is 0.824. The standard InChI is InChI=1S/C17H33N7OS/c1-5-15-20-17(26-21-15)24-11-9-23(10-12-24)16(18-6-2)19-7-8-22(3)13-14-25-4/h5-14H2,1-4H3,(H,18,19). The van der Waals surface area contributed by atoms with E-state index in [4.69, 9.17) is 9.73 Å². The Morgan fingerprint density at radius 1 is 1.27 bits per heavy atom. The third kappa shape index (κ3) is 6.37. The predicted octanol–water partition coefficient (Wildman–Crippen LogP) is 0.766. The summed E-state index contributed by atoms with van der Waals surface area (Å²) >= 11 is 1.51. The summed E-state index contributed by atoms with van der Waals surface area (Å²) in [4.78, 5) is 16.3. The molecule has 2 heterocycles. The maximum absolute atomic E-state index is 5.12. The van der Waals surface area contributed by atoms with E-state index in [0.717, 1.165) is 82.3 Å². The molecular formula is C17H33N7OS. The fourth-order valence-corrected chi connectivity index (χ4v) is 3.54. The monoisotopic (exact) mass is 383 g/mol. The maximum Gasteiger partial charge on any atom is 0.205 e. The Morgan fingerprint density at radius 3 is 2.65 bits per heavy atom. The van der Waals surface area contributed by atoms with Crippen LogP contribution in [0.25, 0.3) is 0 Å². The summed E-state index contributed by atoms with van der Waals surface area (Å²) in [6.45, 7) is 12.3. The van der Waals surface area contributed by atoms with Crippen LogP contribution in [0.1, 0.15) is 19.7 Å². The van der Waals surface area contributed by atoms with Gasteiger partial charge >= 0.3 is 0 Å². The minimum absolute atomic E-state index is 0.758. The van der Waals surface area contributed by atoms with Gasteiger partial charge in [0.2, 0.25) is 5.13 Å². The largest absolute Gasteiger partial charge is 0.383 e. The van der Waals surface area contributed by atoms with Gasteiger partial charge in [-0.15, -0.1) is 0 Å². The number of aliphatic imine (C=N–C) groups is 1. The van der Waals surface area contributed by atoms with Crippen molar-refractivity contribution in [1.29, 1.82) is 0 Å². The first kappa shape index (κ1) is 20.9. The topological polar surface area (TPSA) is 69.1 Å². The van der Waals surface area contributed by atoms with Crippen LogP contribution in [0.3, 0.4) is 0 Å². The number of aromatic nitrogens is 2. The van der Waals surface area contributed by atoms with E-state index >= 15 is 0 Å². The third-order valence-corrected chi connectivity index (χ3v) is 5.19. The van der Waals surface area contributed by atoms with Crippen molar-refractivity contribution in [2.45, 2.75) is 20.3 Å². The Labute approximate surface area is 161 Å². The number of likely N-dealkylation sites (N-methyl/N-ethyl adjacent to an activating group) is 1. The molecule has 1 N–H and O–H groups in total. The molecule has 1 saturated heterocycles. The van der Waals surface area contributed by atoms with Crippen molar-refractivity contribution in [2.75, 3.05) is 78.0 Å². The fourth-order valence-electron chi connectivity index (χ4n) is 2.74. The van der Waals surface area contributed by atoms with Crippen molar-refractivity contribution in [3.8, 4) is 0 Å². The smallest absolute Gasteiger partial charge is 0.205 e. The Kier molecular flexibility index (Phi) is 9.07. The van der Waals surface area contributed by atoms with E-state index in [1.54, 1.807) is 7.11 Å². The van der Waals surface area contributed by atoms with Crippen LogP contribution in [-0.2, 0) is 11.2 Å². The van der Waals surface area contributed by atoms with E-state index in [1.165, 1.54) is 11.5 Å². The molecule has 8 nitrogen and oxygen atoms in total. The second-order valence-corrected chi connectivity index (χ2v) is 7.08. The molecule has 0 radical (unpaired) electrons. The number of piperazine rings is 1. The van der Waals surface area contributed by atoms with Crippen molar-refractivity contribution in [3.05, 3.63) is 5.82 Å². The number of nitrogens with zero attached hydrogens (tertiary/aromatic N) is 6. The average Bonchev–Trinajstić information content (AvgIpc) is 3.15. The van der Waals surface area contributed by atoms with Crippen LogP contribution in [0.4, 0.5) is 5.13 Å². The summed E-state index contributed by atoms with van der Waals surface area (Å²) in [5, 5.41) is 4.47. The number of rotatable bonds is 9. The molecule has 0 saturated carbocycles. The third-order valence-electron chi connectivity index (χ3n) is 4.38. The summed E-state index contributed by atoms with van der Waals surface area (Å²) < 4.78 is 9.51. The lowest BCUT2D eigenvalue weighted by atomic mass is 10.3. The van der Waals surface area contributed by atoms with E-state index in [9.17, 15) is 0 Å². The molecule has 1 fully saturated rings. The van der Waals surface area contributed by atoms with Gasteiger partial charge in [-0.3, -0.25) is 4.99 Å². The number of nitrogens with one attached hydrogen (secondary N) is 1. The lowest BCUT2D eigenvalue weighted by molar-refractivity contribution is 0.163. The first-order valence-electron chi connectivity index (χ1n) is 9.46. The van der Waals surface area contributed by atoms with Gasteiger partial charge in [0.15, 0.2) is 5.96 Å². The maximum atomic E-state index is 5.12. The number of aryl methyl sites for hydroxylation is 1. The van der Waals surface area contributed by atoms with Crippen LogP contribution in [-0.4, -0.2) is 98.2 Å². The molecule has 2 rings (SSSR count). The first-order valence-corrected chi connectivity index (χ1v) is 10.2. The molecule has 0 amide bonds. The van der Waals surface area contributed by atoms with E-state index in [2.05, 4.69) is 50.3 Å². The SMILES string of the molecule is CCNC(=NCCN(C)CCOC)N1CCN(c2nc(CC)ns2)CC1. The van der Waals surface area contributed by atoms with E-state index < -0.39 is 0 Å². The first-order chi connectivity index (χ1) is 12.7. The molecule has 0 spiro atoms. The molecule has 9 heteroatoms. The minimum atomic E-state index is 0.758.